The molecular formula is C13H15FN2O2. The Bertz CT molecular complexity index is 448. The van der Waals surface area contributed by atoms with Gasteiger partial charge in [0.05, 0.1) is 19.1 Å². The highest BCUT2D eigenvalue weighted by atomic mass is 19.1. The molecule has 0 fully saturated rings. The standard InChI is InChI=1S/C13H15FN2O2/c1-3-18-13(17)7-12(8-15)16-11-5-9(2)4-10(14)6-11/h4-6,12,16H,3,7H2,1-2H3. The monoisotopic (exact) mass is 250 g/mol. The zero-order valence-electron chi connectivity index (χ0n) is 10.4. The quantitative estimate of drug-likeness (QED) is 0.815. The molecule has 0 spiro atoms. The third-order valence-electron chi connectivity index (χ3n) is 2.21. The van der Waals surface area contributed by atoms with Gasteiger partial charge in [-0.2, -0.15) is 5.26 Å². The van der Waals surface area contributed by atoms with Crippen LogP contribution in [-0.4, -0.2) is 18.6 Å². The number of hydrogen-bond acceptors (Lipinski definition) is 4. The number of hydrogen-bond donors (Lipinski definition) is 1. The zero-order chi connectivity index (χ0) is 13.5. The third-order valence-corrected chi connectivity index (χ3v) is 2.21. The van der Waals surface area contributed by atoms with E-state index in [1.54, 1.807) is 19.9 Å². The number of benzene rings is 1. The lowest BCUT2D eigenvalue weighted by atomic mass is 10.1. The first-order valence-electron chi connectivity index (χ1n) is 5.64. The van der Waals surface area contributed by atoms with Crippen LogP contribution in [0.15, 0.2) is 18.2 Å². The molecule has 1 atom stereocenters. The number of nitriles is 1. The van der Waals surface area contributed by atoms with Crippen molar-refractivity contribution in [3.8, 4) is 6.07 Å². The smallest absolute Gasteiger partial charge is 0.308 e. The molecule has 1 unspecified atom stereocenters. The van der Waals surface area contributed by atoms with Crippen LogP contribution in [0.5, 0.6) is 0 Å². The second-order valence-corrected chi connectivity index (χ2v) is 3.85. The summed E-state index contributed by atoms with van der Waals surface area (Å²) in [4.78, 5) is 11.2. The third kappa shape index (κ3) is 4.42. The van der Waals surface area contributed by atoms with Crippen molar-refractivity contribution in [3.05, 3.63) is 29.6 Å². The highest BCUT2D eigenvalue weighted by Gasteiger charge is 2.14. The average molecular weight is 250 g/mol. The molecule has 0 aliphatic heterocycles. The first-order chi connectivity index (χ1) is 8.55. The van der Waals surface area contributed by atoms with Gasteiger partial charge in [-0.3, -0.25) is 4.79 Å². The van der Waals surface area contributed by atoms with Gasteiger partial charge in [0.25, 0.3) is 0 Å². The molecule has 5 heteroatoms. The van der Waals surface area contributed by atoms with Gasteiger partial charge in [-0.15, -0.1) is 0 Å². The summed E-state index contributed by atoms with van der Waals surface area (Å²) in [5.74, 6) is -0.838. The second-order valence-electron chi connectivity index (χ2n) is 3.85. The van der Waals surface area contributed by atoms with Gasteiger partial charge in [0, 0.05) is 5.69 Å². The molecule has 0 aliphatic rings. The summed E-state index contributed by atoms with van der Waals surface area (Å²) >= 11 is 0. The Morgan fingerprint density at radius 1 is 1.56 bits per heavy atom. The van der Waals surface area contributed by atoms with E-state index in [0.29, 0.717) is 5.69 Å². The first-order valence-corrected chi connectivity index (χ1v) is 5.64. The summed E-state index contributed by atoms with van der Waals surface area (Å²) in [6.45, 7) is 3.72. The minimum Gasteiger partial charge on any atom is -0.466 e. The fraction of sp³-hybridized carbons (Fsp3) is 0.385. The summed E-state index contributed by atoms with van der Waals surface area (Å²) in [5, 5.41) is 11.7. The van der Waals surface area contributed by atoms with Crippen molar-refractivity contribution in [1.29, 1.82) is 5.26 Å². The maximum absolute atomic E-state index is 13.2. The Balaban J connectivity index is 2.68. The molecule has 0 aliphatic carbocycles. The summed E-state index contributed by atoms with van der Waals surface area (Å²) in [6.07, 6.45) is -0.0695. The van der Waals surface area contributed by atoms with E-state index in [2.05, 4.69) is 5.32 Å². The largest absolute Gasteiger partial charge is 0.466 e. The van der Waals surface area contributed by atoms with Crippen LogP contribution < -0.4 is 5.32 Å². The van der Waals surface area contributed by atoms with Gasteiger partial charge in [0.2, 0.25) is 0 Å². The van der Waals surface area contributed by atoms with E-state index in [1.807, 2.05) is 6.07 Å². The number of nitrogens with zero attached hydrogens (tertiary/aromatic N) is 1. The minimum absolute atomic E-state index is 0.0695. The van der Waals surface area contributed by atoms with Gasteiger partial charge in [-0.25, -0.2) is 4.39 Å². The fourth-order valence-electron chi connectivity index (χ4n) is 1.54. The van der Waals surface area contributed by atoms with Crippen LogP contribution in [0.4, 0.5) is 10.1 Å². The van der Waals surface area contributed by atoms with Gasteiger partial charge < -0.3 is 10.1 Å². The van der Waals surface area contributed by atoms with Crippen molar-refractivity contribution in [2.75, 3.05) is 11.9 Å². The van der Waals surface area contributed by atoms with E-state index >= 15 is 0 Å². The maximum atomic E-state index is 13.2. The van der Waals surface area contributed by atoms with Crippen molar-refractivity contribution in [2.24, 2.45) is 0 Å². The number of esters is 1. The predicted octanol–water partition coefficient (Wildman–Crippen LogP) is 2.39. The minimum atomic E-state index is -0.731. The van der Waals surface area contributed by atoms with E-state index < -0.39 is 12.0 Å². The Hall–Kier alpha value is -2.09. The molecule has 0 saturated carbocycles. The molecule has 0 aromatic heterocycles. The Labute approximate surface area is 105 Å². The normalized spacial score (nSPS) is 11.4. The van der Waals surface area contributed by atoms with Gasteiger partial charge in [0.1, 0.15) is 11.9 Å². The molecule has 96 valence electrons. The number of carbonyl (C=O) groups excluding carboxylic acids is 1. The summed E-state index contributed by atoms with van der Waals surface area (Å²) < 4.78 is 17.9. The maximum Gasteiger partial charge on any atom is 0.308 e. The van der Waals surface area contributed by atoms with Crippen LogP contribution >= 0.6 is 0 Å². The Morgan fingerprint density at radius 2 is 2.28 bits per heavy atom. The fourth-order valence-corrected chi connectivity index (χ4v) is 1.54. The average Bonchev–Trinajstić information content (AvgIpc) is 2.27. The number of carbonyl (C=O) groups is 1. The van der Waals surface area contributed by atoms with Gasteiger partial charge >= 0.3 is 5.97 Å². The lowest BCUT2D eigenvalue weighted by molar-refractivity contribution is -0.143. The number of aryl methyl sites for hydroxylation is 1. The van der Waals surface area contributed by atoms with Crippen molar-refractivity contribution in [1.82, 2.24) is 0 Å². The van der Waals surface area contributed by atoms with Crippen molar-refractivity contribution in [2.45, 2.75) is 26.3 Å². The first kappa shape index (κ1) is 14.0. The SMILES string of the molecule is CCOC(=O)CC(C#N)Nc1cc(C)cc(F)c1. The zero-order valence-corrected chi connectivity index (χ0v) is 10.4. The molecule has 1 rings (SSSR count). The van der Waals surface area contributed by atoms with E-state index in [4.69, 9.17) is 10.00 Å². The van der Waals surface area contributed by atoms with Crippen LogP contribution in [0.3, 0.4) is 0 Å². The molecule has 0 bridgehead atoms. The molecule has 4 nitrogen and oxygen atoms in total. The van der Waals surface area contributed by atoms with E-state index in [1.165, 1.54) is 12.1 Å². The van der Waals surface area contributed by atoms with E-state index in [-0.39, 0.29) is 18.8 Å². The highest BCUT2D eigenvalue weighted by Crippen LogP contribution is 2.15. The number of halogens is 1. The van der Waals surface area contributed by atoms with Crippen LogP contribution in [0.25, 0.3) is 0 Å². The lowest BCUT2D eigenvalue weighted by Crippen LogP contribution is -2.22. The van der Waals surface area contributed by atoms with Crippen molar-refractivity contribution in [3.63, 3.8) is 0 Å². The van der Waals surface area contributed by atoms with E-state index in [0.717, 1.165) is 5.56 Å². The van der Waals surface area contributed by atoms with Gasteiger partial charge in [0.15, 0.2) is 0 Å². The number of anilines is 1. The Kier molecular flexibility index (Phi) is 5.12. The molecule has 0 heterocycles. The van der Waals surface area contributed by atoms with Crippen LogP contribution in [0.2, 0.25) is 0 Å². The van der Waals surface area contributed by atoms with E-state index in [9.17, 15) is 9.18 Å². The van der Waals surface area contributed by atoms with Gasteiger partial charge in [-0.1, -0.05) is 0 Å². The summed E-state index contributed by atoms with van der Waals surface area (Å²) in [6, 6.07) is 5.59. The van der Waals surface area contributed by atoms with Crippen LogP contribution in [0.1, 0.15) is 18.9 Å². The Morgan fingerprint density at radius 3 is 2.83 bits per heavy atom. The summed E-state index contributed by atoms with van der Waals surface area (Å²) in [5.41, 5.74) is 1.22. The van der Waals surface area contributed by atoms with Crippen molar-refractivity contribution >= 4 is 11.7 Å². The molecule has 1 N–H and O–H groups in total. The lowest BCUT2D eigenvalue weighted by Gasteiger charge is -2.12. The molecular weight excluding hydrogens is 235 g/mol. The summed E-state index contributed by atoms with van der Waals surface area (Å²) in [7, 11) is 0. The molecule has 0 radical (unpaired) electrons. The number of ether oxygens (including phenoxy) is 1. The molecule has 18 heavy (non-hydrogen) atoms. The number of nitrogens with one attached hydrogen (secondary N) is 1. The molecule has 0 amide bonds. The topological polar surface area (TPSA) is 62.1 Å². The van der Waals surface area contributed by atoms with Crippen molar-refractivity contribution < 1.29 is 13.9 Å². The molecule has 1 aromatic carbocycles. The highest BCUT2D eigenvalue weighted by molar-refractivity contribution is 5.71. The molecule has 0 saturated heterocycles. The van der Waals surface area contributed by atoms with Gasteiger partial charge in [-0.05, 0) is 37.6 Å². The number of rotatable bonds is 5. The predicted molar refractivity (Wildman–Crippen MR) is 65.4 cm³/mol. The van der Waals surface area contributed by atoms with Crippen LogP contribution in [-0.2, 0) is 9.53 Å². The second kappa shape index (κ2) is 6.60. The van der Waals surface area contributed by atoms with Crippen LogP contribution in [0, 0.1) is 24.1 Å². The molecule has 1 aromatic rings.